The molecular weight excluding hydrogens is 342 g/mol. The lowest BCUT2D eigenvalue weighted by Gasteiger charge is -2.32. The summed E-state index contributed by atoms with van der Waals surface area (Å²) >= 11 is 0. The van der Waals surface area contributed by atoms with E-state index in [9.17, 15) is 4.79 Å². The summed E-state index contributed by atoms with van der Waals surface area (Å²) in [4.78, 5) is 17.4. The molecule has 0 unspecified atom stereocenters. The van der Waals surface area contributed by atoms with E-state index in [2.05, 4.69) is 40.4 Å². The number of amides is 1. The molecule has 1 amide bonds. The van der Waals surface area contributed by atoms with Crippen molar-refractivity contribution in [2.75, 3.05) is 39.8 Å². The second-order valence-electron chi connectivity index (χ2n) is 7.20. The van der Waals surface area contributed by atoms with E-state index in [4.69, 9.17) is 10.5 Å². The van der Waals surface area contributed by atoms with Crippen LogP contribution in [0.25, 0.3) is 0 Å². The highest BCUT2D eigenvalue weighted by Gasteiger charge is 2.20. The number of primary amides is 1. The second kappa shape index (κ2) is 10.8. The molecule has 1 saturated heterocycles. The fraction of sp³-hybridized carbons (Fsp3) is 0.600. The summed E-state index contributed by atoms with van der Waals surface area (Å²) in [5.41, 5.74) is 6.48. The van der Waals surface area contributed by atoms with Gasteiger partial charge >= 0.3 is 0 Å². The minimum atomic E-state index is -0.266. The number of nitrogens with two attached hydrogens (primary N) is 1. The summed E-state index contributed by atoms with van der Waals surface area (Å²) in [6.07, 6.45) is 1.93. The van der Waals surface area contributed by atoms with E-state index in [0.717, 1.165) is 37.6 Å². The number of rotatable bonds is 8. The summed E-state index contributed by atoms with van der Waals surface area (Å²) in [6.45, 7) is 7.66. The number of likely N-dealkylation sites (tertiary alicyclic amines) is 1. The summed E-state index contributed by atoms with van der Waals surface area (Å²) < 4.78 is 5.94. The normalized spacial score (nSPS) is 16.4. The van der Waals surface area contributed by atoms with Crippen LogP contribution in [0.4, 0.5) is 0 Å². The van der Waals surface area contributed by atoms with Crippen molar-refractivity contribution in [2.45, 2.75) is 38.6 Å². The number of hydrogen-bond donors (Lipinski definition) is 3. The molecule has 0 aromatic heterocycles. The highest BCUT2D eigenvalue weighted by Crippen LogP contribution is 2.25. The third kappa shape index (κ3) is 7.09. The maximum absolute atomic E-state index is 11.0. The van der Waals surface area contributed by atoms with Crippen LogP contribution in [0.2, 0.25) is 0 Å². The molecule has 0 aliphatic carbocycles. The summed E-state index contributed by atoms with van der Waals surface area (Å²) in [5.74, 6) is 1.89. The average molecular weight is 376 g/mol. The lowest BCUT2D eigenvalue weighted by molar-refractivity contribution is -0.119. The van der Waals surface area contributed by atoms with Crippen LogP contribution >= 0.6 is 0 Å². The van der Waals surface area contributed by atoms with Gasteiger partial charge in [-0.15, -0.1) is 0 Å². The van der Waals surface area contributed by atoms with E-state index in [1.165, 1.54) is 5.56 Å². The van der Waals surface area contributed by atoms with Crippen molar-refractivity contribution >= 4 is 11.9 Å². The Morgan fingerprint density at radius 3 is 2.67 bits per heavy atom. The van der Waals surface area contributed by atoms with Crippen LogP contribution in [0.1, 0.15) is 38.2 Å². The van der Waals surface area contributed by atoms with E-state index in [0.29, 0.717) is 31.7 Å². The molecule has 1 aliphatic heterocycles. The van der Waals surface area contributed by atoms with Crippen LogP contribution in [-0.2, 0) is 4.79 Å². The Labute approximate surface area is 162 Å². The quantitative estimate of drug-likeness (QED) is 0.362. The third-order valence-corrected chi connectivity index (χ3v) is 4.72. The van der Waals surface area contributed by atoms with Crippen molar-refractivity contribution in [3.05, 3.63) is 29.8 Å². The Morgan fingerprint density at radius 2 is 2.04 bits per heavy atom. The molecule has 0 radical (unpaired) electrons. The van der Waals surface area contributed by atoms with Gasteiger partial charge in [-0.2, -0.15) is 0 Å². The molecule has 4 N–H and O–H groups in total. The number of nitrogens with one attached hydrogen (secondary N) is 2. The van der Waals surface area contributed by atoms with E-state index < -0.39 is 0 Å². The van der Waals surface area contributed by atoms with Gasteiger partial charge in [0.15, 0.2) is 5.96 Å². The van der Waals surface area contributed by atoms with Crippen molar-refractivity contribution in [3.8, 4) is 5.75 Å². The fourth-order valence-electron chi connectivity index (χ4n) is 3.26. The Kier molecular flexibility index (Phi) is 8.39. The molecule has 7 nitrogen and oxygen atoms in total. The van der Waals surface area contributed by atoms with Crippen molar-refractivity contribution in [1.29, 1.82) is 0 Å². The first kappa shape index (κ1) is 21.0. The highest BCUT2D eigenvalue weighted by molar-refractivity contribution is 5.80. The minimum Gasteiger partial charge on any atom is -0.491 e. The Balaban J connectivity index is 1.70. The maximum atomic E-state index is 11.0. The lowest BCUT2D eigenvalue weighted by atomic mass is 10.0. The predicted octanol–water partition coefficient (Wildman–Crippen LogP) is 1.30. The zero-order valence-electron chi connectivity index (χ0n) is 16.7. The van der Waals surface area contributed by atoms with Gasteiger partial charge in [-0.05, 0) is 30.4 Å². The van der Waals surface area contributed by atoms with E-state index >= 15 is 0 Å². The van der Waals surface area contributed by atoms with Crippen LogP contribution < -0.4 is 21.1 Å². The molecule has 0 saturated carbocycles. The van der Waals surface area contributed by atoms with E-state index in [1.807, 2.05) is 18.2 Å². The fourth-order valence-corrected chi connectivity index (χ4v) is 3.26. The van der Waals surface area contributed by atoms with Gasteiger partial charge in [0, 0.05) is 26.2 Å². The van der Waals surface area contributed by atoms with Gasteiger partial charge in [-0.1, -0.05) is 32.0 Å². The average Bonchev–Trinajstić information content (AvgIpc) is 2.65. The molecule has 1 heterocycles. The Hall–Kier alpha value is -2.28. The minimum absolute atomic E-state index is 0.266. The number of piperidine rings is 1. The van der Waals surface area contributed by atoms with Crippen molar-refractivity contribution < 1.29 is 9.53 Å². The molecule has 1 fully saturated rings. The largest absolute Gasteiger partial charge is 0.491 e. The number of nitrogens with zero attached hydrogens (tertiary/aromatic N) is 2. The van der Waals surface area contributed by atoms with Gasteiger partial charge in [0.2, 0.25) is 5.91 Å². The molecule has 0 spiro atoms. The second-order valence-corrected chi connectivity index (χ2v) is 7.20. The highest BCUT2D eigenvalue weighted by atomic mass is 16.5. The zero-order valence-corrected chi connectivity index (χ0v) is 16.7. The zero-order chi connectivity index (χ0) is 19.6. The van der Waals surface area contributed by atoms with Crippen LogP contribution in [-0.4, -0.2) is 62.6 Å². The maximum Gasteiger partial charge on any atom is 0.231 e. The van der Waals surface area contributed by atoms with Crippen LogP contribution in [0.3, 0.4) is 0 Å². The number of carbonyl (C=O) groups excluding carboxylic acids is 1. The topological polar surface area (TPSA) is 92.0 Å². The number of carbonyl (C=O) groups is 1. The predicted molar refractivity (Wildman–Crippen MR) is 109 cm³/mol. The molecule has 1 aliphatic rings. The number of guanidine groups is 1. The summed E-state index contributed by atoms with van der Waals surface area (Å²) in [5, 5.41) is 6.75. The van der Waals surface area contributed by atoms with E-state index in [1.54, 1.807) is 7.05 Å². The first-order valence-electron chi connectivity index (χ1n) is 9.69. The summed E-state index contributed by atoms with van der Waals surface area (Å²) in [7, 11) is 1.77. The van der Waals surface area contributed by atoms with Crippen molar-refractivity contribution in [1.82, 2.24) is 15.5 Å². The standard InChI is InChI=1S/C20H33N5O2/c1-15(2)17-6-4-5-7-18(17)27-13-10-23-20(22-3)24-16-8-11-25(12-9-16)14-19(21)26/h4-7,15-16H,8-14H2,1-3H3,(H2,21,26)(H2,22,23,24). The van der Waals surface area contributed by atoms with Gasteiger partial charge < -0.3 is 21.1 Å². The van der Waals surface area contributed by atoms with Crippen LogP contribution in [0.15, 0.2) is 29.3 Å². The molecule has 1 aromatic rings. The van der Waals surface area contributed by atoms with Gasteiger partial charge in [0.25, 0.3) is 0 Å². The van der Waals surface area contributed by atoms with Gasteiger partial charge in [0.1, 0.15) is 12.4 Å². The molecule has 7 heteroatoms. The third-order valence-electron chi connectivity index (χ3n) is 4.72. The first-order chi connectivity index (χ1) is 13.0. The molecule has 150 valence electrons. The SMILES string of the molecule is CN=C(NCCOc1ccccc1C(C)C)NC1CCN(CC(N)=O)CC1. The lowest BCUT2D eigenvalue weighted by Crippen LogP contribution is -2.50. The van der Waals surface area contributed by atoms with Gasteiger partial charge in [-0.25, -0.2) is 0 Å². The monoisotopic (exact) mass is 375 g/mol. The van der Waals surface area contributed by atoms with Crippen molar-refractivity contribution in [2.24, 2.45) is 10.7 Å². The number of hydrogen-bond acceptors (Lipinski definition) is 4. The number of aliphatic imine (C=N–C) groups is 1. The first-order valence-corrected chi connectivity index (χ1v) is 9.69. The molecular formula is C20H33N5O2. The molecule has 0 bridgehead atoms. The molecule has 0 atom stereocenters. The molecule has 2 rings (SSSR count). The van der Waals surface area contributed by atoms with Gasteiger partial charge in [-0.3, -0.25) is 14.7 Å². The summed E-state index contributed by atoms with van der Waals surface area (Å²) in [6, 6.07) is 8.52. The van der Waals surface area contributed by atoms with E-state index in [-0.39, 0.29) is 5.91 Å². The smallest absolute Gasteiger partial charge is 0.231 e. The number of benzene rings is 1. The van der Waals surface area contributed by atoms with Crippen molar-refractivity contribution in [3.63, 3.8) is 0 Å². The number of para-hydroxylation sites is 1. The molecule has 27 heavy (non-hydrogen) atoms. The molecule has 1 aromatic carbocycles. The van der Waals surface area contributed by atoms with Crippen LogP contribution in [0.5, 0.6) is 5.75 Å². The van der Waals surface area contributed by atoms with Crippen LogP contribution in [0, 0.1) is 0 Å². The Bertz CT molecular complexity index is 625. The Morgan fingerprint density at radius 1 is 1.33 bits per heavy atom. The number of ether oxygens (including phenoxy) is 1. The van der Waals surface area contributed by atoms with Gasteiger partial charge in [0.05, 0.1) is 13.1 Å².